The minimum atomic E-state index is -0.0926. The van der Waals surface area contributed by atoms with E-state index in [0.717, 1.165) is 23.8 Å². The number of nitrogens with one attached hydrogen (secondary N) is 1. The van der Waals surface area contributed by atoms with Gasteiger partial charge in [-0.1, -0.05) is 53.9 Å². The summed E-state index contributed by atoms with van der Waals surface area (Å²) < 4.78 is 0. The lowest BCUT2D eigenvalue weighted by atomic mass is 9.95. The first-order valence-corrected chi connectivity index (χ1v) is 8.18. The van der Waals surface area contributed by atoms with E-state index in [1.807, 2.05) is 6.92 Å². The maximum absolute atomic E-state index is 6.05. The first-order chi connectivity index (χ1) is 9.79. The van der Waals surface area contributed by atoms with Crippen molar-refractivity contribution in [2.45, 2.75) is 72.6 Å². The smallest absolute Gasteiger partial charge is 0.138 e. The minimum absolute atomic E-state index is 0.0926. The molecule has 0 saturated heterocycles. The van der Waals surface area contributed by atoms with Crippen molar-refractivity contribution in [2.24, 2.45) is 5.92 Å². The van der Waals surface area contributed by atoms with Crippen molar-refractivity contribution < 1.29 is 0 Å². The average molecular weight is 292 g/mol. The van der Waals surface area contributed by atoms with E-state index in [9.17, 15) is 0 Å². The molecule has 4 nitrogen and oxygen atoms in total. The summed E-state index contributed by atoms with van der Waals surface area (Å²) in [6.45, 7) is 13.8. The van der Waals surface area contributed by atoms with Gasteiger partial charge in [-0.25, -0.2) is 9.97 Å². The van der Waals surface area contributed by atoms with E-state index >= 15 is 0 Å². The van der Waals surface area contributed by atoms with Gasteiger partial charge < -0.3 is 11.1 Å². The summed E-state index contributed by atoms with van der Waals surface area (Å²) in [6, 6.07) is 0. The van der Waals surface area contributed by atoms with E-state index in [2.05, 4.69) is 49.9 Å². The second kappa shape index (κ2) is 7.62. The molecule has 1 rings (SSSR count). The van der Waals surface area contributed by atoms with Gasteiger partial charge in [-0.2, -0.15) is 0 Å². The standard InChI is InChI=1S/C17H32N4/c1-7-9-10-13(8-2)11-19-15-12(3)14(18)20-16(21-15)17(4,5)6/h13H,7-11H2,1-6H3,(H3,18,19,20,21). The van der Waals surface area contributed by atoms with E-state index in [-0.39, 0.29) is 5.41 Å². The van der Waals surface area contributed by atoms with E-state index in [1.165, 1.54) is 25.7 Å². The van der Waals surface area contributed by atoms with Gasteiger partial charge in [0.05, 0.1) is 0 Å². The van der Waals surface area contributed by atoms with Crippen LogP contribution in [0.1, 0.15) is 71.7 Å². The number of hydrogen-bond acceptors (Lipinski definition) is 4. The van der Waals surface area contributed by atoms with Crippen LogP contribution in [0.2, 0.25) is 0 Å². The van der Waals surface area contributed by atoms with Crippen LogP contribution in [0.3, 0.4) is 0 Å². The molecule has 0 aliphatic heterocycles. The van der Waals surface area contributed by atoms with Crippen molar-refractivity contribution in [3.05, 3.63) is 11.4 Å². The molecule has 0 spiro atoms. The van der Waals surface area contributed by atoms with Crippen LogP contribution in [0.15, 0.2) is 0 Å². The first-order valence-electron chi connectivity index (χ1n) is 8.18. The molecule has 21 heavy (non-hydrogen) atoms. The van der Waals surface area contributed by atoms with Crippen LogP contribution < -0.4 is 11.1 Å². The molecule has 1 aromatic heterocycles. The van der Waals surface area contributed by atoms with E-state index in [1.54, 1.807) is 0 Å². The minimum Gasteiger partial charge on any atom is -0.383 e. The highest BCUT2D eigenvalue weighted by Gasteiger charge is 2.20. The van der Waals surface area contributed by atoms with E-state index < -0.39 is 0 Å². The third kappa shape index (κ3) is 5.18. The molecule has 120 valence electrons. The molecule has 0 amide bonds. The molecule has 1 aromatic rings. The van der Waals surface area contributed by atoms with Gasteiger partial charge in [0.1, 0.15) is 17.5 Å². The molecule has 0 bridgehead atoms. The molecule has 0 saturated carbocycles. The zero-order valence-electron chi connectivity index (χ0n) is 14.6. The van der Waals surface area contributed by atoms with Gasteiger partial charge in [-0.05, 0) is 19.3 Å². The molecular formula is C17H32N4. The van der Waals surface area contributed by atoms with Gasteiger partial charge in [-0.3, -0.25) is 0 Å². The van der Waals surface area contributed by atoms with Crippen molar-refractivity contribution in [3.8, 4) is 0 Å². The predicted octanol–water partition coefficient (Wildman–Crippen LogP) is 4.29. The molecule has 0 fully saturated rings. The summed E-state index contributed by atoms with van der Waals surface area (Å²) in [6.07, 6.45) is 5.01. The quantitative estimate of drug-likeness (QED) is 0.786. The Labute approximate surface area is 130 Å². The number of aromatic nitrogens is 2. The summed E-state index contributed by atoms with van der Waals surface area (Å²) in [5.74, 6) is 2.97. The molecular weight excluding hydrogens is 260 g/mol. The molecule has 1 atom stereocenters. The second-order valence-electron chi connectivity index (χ2n) is 6.95. The Morgan fingerprint density at radius 2 is 1.86 bits per heavy atom. The Balaban J connectivity index is 2.84. The topological polar surface area (TPSA) is 63.8 Å². The Hall–Kier alpha value is -1.32. The number of unbranched alkanes of at least 4 members (excludes halogenated alkanes) is 1. The molecule has 0 aliphatic rings. The number of rotatable bonds is 7. The van der Waals surface area contributed by atoms with Gasteiger partial charge in [0.2, 0.25) is 0 Å². The van der Waals surface area contributed by atoms with Gasteiger partial charge in [0.15, 0.2) is 0 Å². The third-order valence-electron chi connectivity index (χ3n) is 3.96. The average Bonchev–Trinajstić information content (AvgIpc) is 2.42. The maximum Gasteiger partial charge on any atom is 0.138 e. The van der Waals surface area contributed by atoms with Crippen molar-refractivity contribution in [1.82, 2.24) is 9.97 Å². The lowest BCUT2D eigenvalue weighted by molar-refractivity contribution is 0.471. The van der Waals surface area contributed by atoms with Crippen LogP contribution in [0, 0.1) is 12.8 Å². The van der Waals surface area contributed by atoms with Crippen molar-refractivity contribution >= 4 is 11.6 Å². The van der Waals surface area contributed by atoms with Crippen molar-refractivity contribution in [2.75, 3.05) is 17.6 Å². The summed E-state index contributed by atoms with van der Waals surface area (Å²) >= 11 is 0. The fourth-order valence-electron chi connectivity index (χ4n) is 2.23. The third-order valence-corrected chi connectivity index (χ3v) is 3.96. The highest BCUT2D eigenvalue weighted by atomic mass is 15.1. The fraction of sp³-hybridized carbons (Fsp3) is 0.765. The normalized spacial score (nSPS) is 13.2. The molecule has 0 aromatic carbocycles. The SMILES string of the molecule is CCCCC(CC)CNc1nc(C(C)(C)C)nc(N)c1C. The van der Waals surface area contributed by atoms with Crippen LogP contribution >= 0.6 is 0 Å². The Morgan fingerprint density at radius 3 is 2.38 bits per heavy atom. The van der Waals surface area contributed by atoms with Crippen LogP contribution in [-0.2, 0) is 5.41 Å². The summed E-state index contributed by atoms with van der Waals surface area (Å²) in [5, 5.41) is 3.50. The fourth-order valence-corrected chi connectivity index (χ4v) is 2.23. The molecule has 1 heterocycles. The lowest BCUT2D eigenvalue weighted by Gasteiger charge is -2.21. The number of nitrogen functional groups attached to an aromatic ring is 1. The van der Waals surface area contributed by atoms with Crippen LogP contribution in [0.4, 0.5) is 11.6 Å². The Morgan fingerprint density at radius 1 is 1.19 bits per heavy atom. The van der Waals surface area contributed by atoms with E-state index in [0.29, 0.717) is 11.7 Å². The largest absolute Gasteiger partial charge is 0.383 e. The second-order valence-corrected chi connectivity index (χ2v) is 6.95. The Kier molecular flexibility index (Phi) is 6.43. The molecule has 3 N–H and O–H groups in total. The maximum atomic E-state index is 6.05. The van der Waals surface area contributed by atoms with Gasteiger partial charge >= 0.3 is 0 Å². The van der Waals surface area contributed by atoms with Crippen LogP contribution in [0.5, 0.6) is 0 Å². The zero-order chi connectivity index (χ0) is 16.0. The highest BCUT2D eigenvalue weighted by Crippen LogP contribution is 2.25. The van der Waals surface area contributed by atoms with Gasteiger partial charge in [-0.15, -0.1) is 0 Å². The molecule has 1 unspecified atom stereocenters. The van der Waals surface area contributed by atoms with Gasteiger partial charge in [0.25, 0.3) is 0 Å². The summed E-state index contributed by atoms with van der Waals surface area (Å²) in [5.41, 5.74) is 6.91. The summed E-state index contributed by atoms with van der Waals surface area (Å²) in [4.78, 5) is 9.12. The highest BCUT2D eigenvalue weighted by molar-refractivity contribution is 5.55. The molecule has 4 heteroatoms. The summed E-state index contributed by atoms with van der Waals surface area (Å²) in [7, 11) is 0. The van der Waals surface area contributed by atoms with Crippen molar-refractivity contribution in [1.29, 1.82) is 0 Å². The first kappa shape index (κ1) is 17.7. The Bertz CT molecular complexity index is 449. The number of hydrogen-bond donors (Lipinski definition) is 2. The van der Waals surface area contributed by atoms with Crippen LogP contribution in [-0.4, -0.2) is 16.5 Å². The number of nitrogens with zero attached hydrogens (tertiary/aromatic N) is 2. The zero-order valence-corrected chi connectivity index (χ0v) is 14.6. The van der Waals surface area contributed by atoms with E-state index in [4.69, 9.17) is 5.73 Å². The predicted molar refractivity (Wildman–Crippen MR) is 91.7 cm³/mol. The molecule has 0 radical (unpaired) electrons. The van der Waals surface area contributed by atoms with Gasteiger partial charge in [0, 0.05) is 17.5 Å². The molecule has 0 aliphatic carbocycles. The number of nitrogens with two attached hydrogens (primary N) is 1. The van der Waals surface area contributed by atoms with Crippen LogP contribution in [0.25, 0.3) is 0 Å². The van der Waals surface area contributed by atoms with Crippen molar-refractivity contribution in [3.63, 3.8) is 0 Å². The lowest BCUT2D eigenvalue weighted by Crippen LogP contribution is -2.21. The monoisotopic (exact) mass is 292 g/mol. The number of anilines is 2.